The average Bonchev–Trinajstić information content (AvgIpc) is 3.74. The average molecular weight is 644 g/mol. The molecule has 230 valence electrons. The van der Waals surface area contributed by atoms with Gasteiger partial charge in [-0.3, -0.25) is 0 Å². The van der Waals surface area contributed by atoms with E-state index in [1.807, 2.05) is 23.5 Å². The van der Waals surface area contributed by atoms with Crippen molar-refractivity contribution in [2.75, 3.05) is 4.90 Å². The van der Waals surface area contributed by atoms with Crippen molar-refractivity contribution in [3.63, 3.8) is 0 Å². The SMILES string of the molecule is c1cc(-c2cccc3ccccc23)cc(N(c2ccc(-c3ccc4c(c3)oc3ccccc34)cc2)c2cccc3c2sc2ccccc23)c1. The van der Waals surface area contributed by atoms with Gasteiger partial charge in [-0.2, -0.15) is 0 Å². The smallest absolute Gasteiger partial charge is 0.136 e. The molecule has 0 spiro atoms. The molecule has 0 amide bonds. The first-order chi connectivity index (χ1) is 24.3. The summed E-state index contributed by atoms with van der Waals surface area (Å²) in [5, 5.41) is 7.37. The molecule has 0 aliphatic rings. The van der Waals surface area contributed by atoms with E-state index in [0.717, 1.165) is 44.4 Å². The second-order valence-electron chi connectivity index (χ2n) is 12.5. The number of hydrogen-bond donors (Lipinski definition) is 0. The van der Waals surface area contributed by atoms with Gasteiger partial charge in [0.25, 0.3) is 0 Å². The van der Waals surface area contributed by atoms with Crippen LogP contribution in [0.4, 0.5) is 17.1 Å². The number of nitrogens with zero attached hydrogens (tertiary/aromatic N) is 1. The second kappa shape index (κ2) is 11.2. The molecular weight excluding hydrogens is 615 g/mol. The number of thiophene rings is 1. The van der Waals surface area contributed by atoms with Crippen molar-refractivity contribution >= 4 is 81.3 Å². The summed E-state index contributed by atoms with van der Waals surface area (Å²) in [5.41, 5.74) is 9.93. The summed E-state index contributed by atoms with van der Waals surface area (Å²) in [7, 11) is 0. The molecule has 0 saturated carbocycles. The number of para-hydroxylation sites is 1. The van der Waals surface area contributed by atoms with Crippen LogP contribution in [-0.4, -0.2) is 0 Å². The van der Waals surface area contributed by atoms with Gasteiger partial charge in [0.15, 0.2) is 0 Å². The molecule has 2 nitrogen and oxygen atoms in total. The van der Waals surface area contributed by atoms with Gasteiger partial charge in [0, 0.05) is 37.6 Å². The molecule has 2 aromatic heterocycles. The van der Waals surface area contributed by atoms with E-state index in [9.17, 15) is 0 Å². The van der Waals surface area contributed by atoms with Crippen LogP contribution in [0.5, 0.6) is 0 Å². The number of benzene rings is 8. The Bertz CT molecular complexity index is 2840. The van der Waals surface area contributed by atoms with Crippen LogP contribution in [0.1, 0.15) is 0 Å². The molecule has 0 saturated heterocycles. The van der Waals surface area contributed by atoms with Crippen LogP contribution in [0, 0.1) is 0 Å². The molecule has 49 heavy (non-hydrogen) atoms. The van der Waals surface area contributed by atoms with Crippen LogP contribution >= 0.6 is 11.3 Å². The zero-order valence-corrected chi connectivity index (χ0v) is 27.3. The van der Waals surface area contributed by atoms with Gasteiger partial charge in [-0.15, -0.1) is 11.3 Å². The summed E-state index contributed by atoms with van der Waals surface area (Å²) in [6, 6.07) is 63.3. The molecule has 10 aromatic rings. The third kappa shape index (κ3) is 4.62. The normalized spacial score (nSPS) is 11.7. The number of anilines is 3. The summed E-state index contributed by atoms with van der Waals surface area (Å²) in [6.07, 6.45) is 0. The lowest BCUT2D eigenvalue weighted by Crippen LogP contribution is -2.10. The number of rotatable bonds is 5. The molecule has 0 N–H and O–H groups in total. The van der Waals surface area contributed by atoms with Gasteiger partial charge < -0.3 is 9.32 Å². The van der Waals surface area contributed by atoms with Gasteiger partial charge in [0.1, 0.15) is 11.2 Å². The predicted octanol–water partition coefficient (Wildman–Crippen LogP) is 13.9. The lowest BCUT2D eigenvalue weighted by molar-refractivity contribution is 0.669. The maximum Gasteiger partial charge on any atom is 0.136 e. The van der Waals surface area contributed by atoms with E-state index in [1.54, 1.807) is 0 Å². The highest BCUT2D eigenvalue weighted by atomic mass is 32.1. The molecule has 0 unspecified atom stereocenters. The molecular formula is C46H29NOS. The zero-order valence-electron chi connectivity index (χ0n) is 26.5. The quantitative estimate of drug-likeness (QED) is 0.186. The Morgan fingerprint density at radius 2 is 1.10 bits per heavy atom. The van der Waals surface area contributed by atoms with Crippen LogP contribution < -0.4 is 4.90 Å². The molecule has 0 fully saturated rings. The van der Waals surface area contributed by atoms with E-state index in [0.29, 0.717) is 0 Å². The molecule has 8 aromatic carbocycles. The summed E-state index contributed by atoms with van der Waals surface area (Å²) in [6.45, 7) is 0. The standard InChI is InChI=1S/C46H29NOS/c1-2-14-36-31(10-1)11-8-17-37(36)33-12-7-13-35(28-33)47(42-19-9-18-41-40-16-4-6-21-45(40)49-46(41)42)34-25-22-30(23-26-34)32-24-27-39-38-15-3-5-20-43(38)48-44(39)29-32/h1-29H. The fraction of sp³-hybridized carbons (Fsp3) is 0. The number of furan rings is 1. The van der Waals surface area contributed by atoms with Crippen LogP contribution in [-0.2, 0) is 0 Å². The maximum atomic E-state index is 6.23. The van der Waals surface area contributed by atoms with E-state index in [-0.39, 0.29) is 0 Å². The van der Waals surface area contributed by atoms with Gasteiger partial charge in [-0.25, -0.2) is 0 Å². The fourth-order valence-corrected chi connectivity index (χ4v) is 8.54. The zero-order chi connectivity index (χ0) is 32.3. The number of fused-ring (bicyclic) bond motifs is 7. The van der Waals surface area contributed by atoms with E-state index >= 15 is 0 Å². The molecule has 3 heteroatoms. The van der Waals surface area contributed by atoms with Gasteiger partial charge in [0.2, 0.25) is 0 Å². The van der Waals surface area contributed by atoms with Crippen molar-refractivity contribution in [1.82, 2.24) is 0 Å². The number of hydrogen-bond acceptors (Lipinski definition) is 3. The maximum absolute atomic E-state index is 6.23. The van der Waals surface area contributed by atoms with Gasteiger partial charge in [-0.1, -0.05) is 121 Å². The van der Waals surface area contributed by atoms with E-state index in [2.05, 4.69) is 169 Å². The van der Waals surface area contributed by atoms with Crippen molar-refractivity contribution in [2.24, 2.45) is 0 Å². The first-order valence-corrected chi connectivity index (χ1v) is 17.4. The third-order valence-electron chi connectivity index (χ3n) is 9.67. The summed E-state index contributed by atoms with van der Waals surface area (Å²) in [4.78, 5) is 2.42. The highest BCUT2D eigenvalue weighted by Crippen LogP contribution is 2.46. The Morgan fingerprint density at radius 1 is 0.408 bits per heavy atom. The Balaban J connectivity index is 1.13. The summed E-state index contributed by atoms with van der Waals surface area (Å²) in [5.74, 6) is 0. The second-order valence-corrected chi connectivity index (χ2v) is 13.6. The molecule has 0 aliphatic heterocycles. The Hall–Kier alpha value is -6.16. The highest BCUT2D eigenvalue weighted by molar-refractivity contribution is 7.26. The molecule has 0 aliphatic carbocycles. The van der Waals surface area contributed by atoms with Crippen LogP contribution in [0.2, 0.25) is 0 Å². The van der Waals surface area contributed by atoms with Crippen LogP contribution in [0.3, 0.4) is 0 Å². The third-order valence-corrected chi connectivity index (χ3v) is 10.9. The van der Waals surface area contributed by atoms with Gasteiger partial charge >= 0.3 is 0 Å². The molecule has 0 atom stereocenters. The van der Waals surface area contributed by atoms with E-state index in [1.165, 1.54) is 47.8 Å². The topological polar surface area (TPSA) is 16.4 Å². The van der Waals surface area contributed by atoms with Crippen molar-refractivity contribution in [3.05, 3.63) is 176 Å². The predicted molar refractivity (Wildman–Crippen MR) is 210 cm³/mol. The summed E-state index contributed by atoms with van der Waals surface area (Å²) < 4.78 is 8.80. The largest absolute Gasteiger partial charge is 0.456 e. The van der Waals surface area contributed by atoms with Crippen LogP contribution in [0.25, 0.3) is 75.1 Å². The fourth-order valence-electron chi connectivity index (χ4n) is 7.33. The minimum absolute atomic E-state index is 0.908. The first-order valence-electron chi connectivity index (χ1n) is 16.6. The van der Waals surface area contributed by atoms with Gasteiger partial charge in [0.05, 0.1) is 10.4 Å². The van der Waals surface area contributed by atoms with Crippen molar-refractivity contribution in [3.8, 4) is 22.3 Å². The monoisotopic (exact) mass is 643 g/mol. The molecule has 0 bridgehead atoms. The van der Waals surface area contributed by atoms with Crippen LogP contribution in [0.15, 0.2) is 180 Å². The van der Waals surface area contributed by atoms with Crippen molar-refractivity contribution in [2.45, 2.75) is 0 Å². The van der Waals surface area contributed by atoms with E-state index < -0.39 is 0 Å². The minimum Gasteiger partial charge on any atom is -0.456 e. The van der Waals surface area contributed by atoms with Gasteiger partial charge in [-0.05, 0) is 87.6 Å². The summed E-state index contributed by atoms with van der Waals surface area (Å²) >= 11 is 1.86. The Kier molecular flexibility index (Phi) is 6.39. The Labute approximate surface area is 287 Å². The van der Waals surface area contributed by atoms with E-state index in [4.69, 9.17) is 4.42 Å². The highest BCUT2D eigenvalue weighted by Gasteiger charge is 2.19. The lowest BCUT2D eigenvalue weighted by Gasteiger charge is -2.27. The van der Waals surface area contributed by atoms with Crippen molar-refractivity contribution in [1.29, 1.82) is 0 Å². The lowest BCUT2D eigenvalue weighted by atomic mass is 9.97. The molecule has 2 heterocycles. The van der Waals surface area contributed by atoms with Crippen molar-refractivity contribution < 1.29 is 4.42 Å². The molecule has 0 radical (unpaired) electrons. The minimum atomic E-state index is 0.908. The molecule has 10 rings (SSSR count). The first kappa shape index (κ1) is 27.9. The Morgan fingerprint density at radius 3 is 2.02 bits per heavy atom.